The lowest BCUT2D eigenvalue weighted by Crippen LogP contribution is -2.50. The zero-order valence-electron chi connectivity index (χ0n) is 16.4. The molecule has 5 nitrogen and oxygen atoms in total. The molecule has 0 atom stereocenters. The summed E-state index contributed by atoms with van der Waals surface area (Å²) < 4.78 is 6.90. The molecule has 2 aromatic carbocycles. The van der Waals surface area contributed by atoms with Crippen molar-refractivity contribution in [2.45, 2.75) is 20.3 Å². The van der Waals surface area contributed by atoms with E-state index in [2.05, 4.69) is 30.0 Å². The lowest BCUT2D eigenvalue weighted by molar-refractivity contribution is -0.133. The van der Waals surface area contributed by atoms with Crippen LogP contribution in [0.5, 0.6) is 5.75 Å². The Morgan fingerprint density at radius 2 is 1.96 bits per heavy atom. The molecule has 0 N–H and O–H groups in total. The monoisotopic (exact) mass is 395 g/mol. The molecule has 0 aliphatic carbocycles. The highest BCUT2D eigenvalue weighted by atomic mass is 32.1. The van der Waals surface area contributed by atoms with Crippen LogP contribution in [0.1, 0.15) is 18.1 Å². The maximum absolute atomic E-state index is 12.5. The van der Waals surface area contributed by atoms with Gasteiger partial charge in [-0.2, -0.15) is 0 Å². The number of hydrogen-bond donors (Lipinski definition) is 0. The second kappa shape index (κ2) is 8.19. The number of ether oxygens (including phenoxy) is 1. The minimum Gasteiger partial charge on any atom is -0.484 e. The van der Waals surface area contributed by atoms with Crippen LogP contribution in [0.25, 0.3) is 10.2 Å². The Labute approximate surface area is 169 Å². The molecule has 4 rings (SSSR count). The van der Waals surface area contributed by atoms with Gasteiger partial charge in [-0.15, -0.1) is 0 Å². The summed E-state index contributed by atoms with van der Waals surface area (Å²) in [4.78, 5) is 21.4. The molecule has 146 valence electrons. The van der Waals surface area contributed by atoms with Crippen LogP contribution < -0.4 is 9.64 Å². The standard InChI is InChI=1S/C22H25N3O2S/c1-3-17-7-8-19-20(14-17)28-22(23-19)25-11-9-24(10-12-25)21(26)15-27-18-6-4-5-16(2)13-18/h4-8,13-14H,3,9-12,15H2,1-2H3. The molecule has 0 saturated carbocycles. The van der Waals surface area contributed by atoms with Crippen molar-refractivity contribution >= 4 is 32.6 Å². The maximum atomic E-state index is 12.5. The molecule has 1 aliphatic heterocycles. The number of carbonyl (C=O) groups excluding carboxylic acids is 1. The number of rotatable bonds is 5. The maximum Gasteiger partial charge on any atom is 0.260 e. The smallest absolute Gasteiger partial charge is 0.260 e. The number of anilines is 1. The summed E-state index contributed by atoms with van der Waals surface area (Å²) in [7, 11) is 0. The average molecular weight is 396 g/mol. The van der Waals surface area contributed by atoms with E-state index in [9.17, 15) is 4.79 Å². The molecule has 1 aliphatic rings. The minimum absolute atomic E-state index is 0.0399. The highest BCUT2D eigenvalue weighted by Gasteiger charge is 2.23. The lowest BCUT2D eigenvalue weighted by atomic mass is 10.2. The van der Waals surface area contributed by atoms with Gasteiger partial charge in [0.1, 0.15) is 5.75 Å². The van der Waals surface area contributed by atoms with Gasteiger partial charge in [0.2, 0.25) is 0 Å². The van der Waals surface area contributed by atoms with E-state index in [0.29, 0.717) is 13.1 Å². The van der Waals surface area contributed by atoms with Gasteiger partial charge >= 0.3 is 0 Å². The number of nitrogens with zero attached hydrogens (tertiary/aromatic N) is 3. The van der Waals surface area contributed by atoms with Crippen LogP contribution in [0.2, 0.25) is 0 Å². The van der Waals surface area contributed by atoms with Crippen molar-refractivity contribution in [3.8, 4) is 5.75 Å². The first-order chi connectivity index (χ1) is 13.6. The SMILES string of the molecule is CCc1ccc2nc(N3CCN(C(=O)COc4cccc(C)c4)CC3)sc2c1. The predicted molar refractivity (Wildman–Crippen MR) is 114 cm³/mol. The lowest BCUT2D eigenvalue weighted by Gasteiger charge is -2.34. The molecular formula is C22H25N3O2S. The summed E-state index contributed by atoms with van der Waals surface area (Å²) in [5.41, 5.74) is 3.52. The minimum atomic E-state index is 0.0399. The van der Waals surface area contributed by atoms with Crippen molar-refractivity contribution < 1.29 is 9.53 Å². The van der Waals surface area contributed by atoms with Gasteiger partial charge in [-0.05, 0) is 48.7 Å². The molecule has 1 aromatic heterocycles. The third kappa shape index (κ3) is 4.12. The normalized spacial score (nSPS) is 14.5. The molecule has 2 heterocycles. The number of benzene rings is 2. The van der Waals surface area contributed by atoms with Crippen LogP contribution in [0.15, 0.2) is 42.5 Å². The molecule has 0 radical (unpaired) electrons. The fraction of sp³-hybridized carbons (Fsp3) is 0.364. The van der Waals surface area contributed by atoms with Crippen LogP contribution in [-0.4, -0.2) is 48.6 Å². The van der Waals surface area contributed by atoms with E-state index < -0.39 is 0 Å². The molecular weight excluding hydrogens is 370 g/mol. The summed E-state index contributed by atoms with van der Waals surface area (Å²) in [6.45, 7) is 7.27. The summed E-state index contributed by atoms with van der Waals surface area (Å²) in [5, 5.41) is 1.05. The van der Waals surface area contributed by atoms with Crippen molar-refractivity contribution in [1.29, 1.82) is 0 Å². The van der Waals surface area contributed by atoms with Crippen LogP contribution >= 0.6 is 11.3 Å². The third-order valence-corrected chi connectivity index (χ3v) is 6.18. The van der Waals surface area contributed by atoms with E-state index in [1.165, 1.54) is 10.3 Å². The van der Waals surface area contributed by atoms with Gasteiger partial charge in [0, 0.05) is 26.2 Å². The average Bonchev–Trinajstić information content (AvgIpc) is 3.15. The number of aromatic nitrogens is 1. The zero-order valence-corrected chi connectivity index (χ0v) is 17.2. The Hall–Kier alpha value is -2.60. The Bertz CT molecular complexity index is 977. The molecule has 0 bridgehead atoms. The predicted octanol–water partition coefficient (Wildman–Crippen LogP) is 3.89. The first-order valence-electron chi connectivity index (χ1n) is 9.74. The Kier molecular flexibility index (Phi) is 5.48. The number of aryl methyl sites for hydroxylation is 2. The van der Waals surface area contributed by atoms with Crippen LogP contribution in [-0.2, 0) is 11.2 Å². The van der Waals surface area contributed by atoms with Crippen molar-refractivity contribution in [3.63, 3.8) is 0 Å². The fourth-order valence-corrected chi connectivity index (χ4v) is 4.48. The second-order valence-electron chi connectivity index (χ2n) is 7.13. The Morgan fingerprint density at radius 3 is 2.71 bits per heavy atom. The number of fused-ring (bicyclic) bond motifs is 1. The van der Waals surface area contributed by atoms with Gasteiger partial charge in [0.25, 0.3) is 5.91 Å². The fourth-order valence-electron chi connectivity index (χ4n) is 3.40. The Morgan fingerprint density at radius 1 is 1.14 bits per heavy atom. The van der Waals surface area contributed by atoms with E-state index >= 15 is 0 Å². The quantitative estimate of drug-likeness (QED) is 0.657. The Balaban J connectivity index is 1.33. The van der Waals surface area contributed by atoms with E-state index in [1.807, 2.05) is 36.1 Å². The summed E-state index contributed by atoms with van der Waals surface area (Å²) in [6.07, 6.45) is 1.04. The highest BCUT2D eigenvalue weighted by Crippen LogP contribution is 2.30. The largest absolute Gasteiger partial charge is 0.484 e. The van der Waals surface area contributed by atoms with Gasteiger partial charge in [-0.1, -0.05) is 36.5 Å². The number of carbonyl (C=O) groups is 1. The van der Waals surface area contributed by atoms with Gasteiger partial charge in [0.05, 0.1) is 10.2 Å². The third-order valence-electron chi connectivity index (χ3n) is 5.10. The first kappa shape index (κ1) is 18.7. The number of thiazole rings is 1. The molecule has 0 spiro atoms. The summed E-state index contributed by atoms with van der Waals surface area (Å²) in [5.74, 6) is 0.783. The van der Waals surface area contributed by atoms with Gasteiger partial charge in [0.15, 0.2) is 11.7 Å². The van der Waals surface area contributed by atoms with Crippen LogP contribution in [0.3, 0.4) is 0 Å². The van der Waals surface area contributed by atoms with Crippen molar-refractivity contribution in [1.82, 2.24) is 9.88 Å². The van der Waals surface area contributed by atoms with E-state index in [-0.39, 0.29) is 12.5 Å². The molecule has 3 aromatic rings. The highest BCUT2D eigenvalue weighted by molar-refractivity contribution is 7.22. The molecule has 1 saturated heterocycles. The van der Waals surface area contributed by atoms with Crippen molar-refractivity contribution in [2.75, 3.05) is 37.7 Å². The first-order valence-corrected chi connectivity index (χ1v) is 10.6. The number of hydrogen-bond acceptors (Lipinski definition) is 5. The van der Waals surface area contributed by atoms with E-state index in [1.54, 1.807) is 11.3 Å². The molecule has 1 fully saturated rings. The van der Waals surface area contributed by atoms with Gasteiger partial charge in [-0.3, -0.25) is 4.79 Å². The molecule has 0 unspecified atom stereocenters. The summed E-state index contributed by atoms with van der Waals surface area (Å²) >= 11 is 1.74. The second-order valence-corrected chi connectivity index (χ2v) is 8.13. The number of amides is 1. The summed E-state index contributed by atoms with van der Waals surface area (Å²) in [6, 6.07) is 14.3. The molecule has 1 amide bonds. The van der Waals surface area contributed by atoms with Crippen LogP contribution in [0.4, 0.5) is 5.13 Å². The van der Waals surface area contributed by atoms with Crippen molar-refractivity contribution in [2.24, 2.45) is 0 Å². The number of piperazine rings is 1. The molecule has 28 heavy (non-hydrogen) atoms. The van der Waals surface area contributed by atoms with E-state index in [4.69, 9.17) is 9.72 Å². The van der Waals surface area contributed by atoms with Crippen molar-refractivity contribution in [3.05, 3.63) is 53.6 Å². The van der Waals surface area contributed by atoms with E-state index in [0.717, 1.165) is 41.5 Å². The zero-order chi connectivity index (χ0) is 19.5. The van der Waals surface area contributed by atoms with Gasteiger partial charge in [-0.25, -0.2) is 4.98 Å². The van der Waals surface area contributed by atoms with Crippen LogP contribution in [0, 0.1) is 6.92 Å². The van der Waals surface area contributed by atoms with Gasteiger partial charge < -0.3 is 14.5 Å². The molecule has 6 heteroatoms. The topological polar surface area (TPSA) is 45.7 Å².